The van der Waals surface area contributed by atoms with E-state index in [4.69, 9.17) is 0 Å². The van der Waals surface area contributed by atoms with Gasteiger partial charge >= 0.3 is 0 Å². The van der Waals surface area contributed by atoms with Gasteiger partial charge < -0.3 is 4.98 Å². The van der Waals surface area contributed by atoms with E-state index in [1.807, 2.05) is 97.1 Å². The zero-order chi connectivity index (χ0) is 19.8. The van der Waals surface area contributed by atoms with Gasteiger partial charge in [0.15, 0.2) is 11.6 Å². The molecule has 3 nitrogen and oxygen atoms in total. The van der Waals surface area contributed by atoms with Crippen LogP contribution in [0, 0.1) is 0 Å². The number of rotatable bonds is 4. The Morgan fingerprint density at radius 3 is 1.31 bits per heavy atom. The minimum absolute atomic E-state index is 0.00824. The second-order valence-corrected chi connectivity index (χ2v) is 7.04. The van der Waals surface area contributed by atoms with Crippen LogP contribution in [0.15, 0.2) is 97.1 Å². The van der Waals surface area contributed by atoms with Crippen LogP contribution in [0.3, 0.4) is 0 Å². The summed E-state index contributed by atoms with van der Waals surface area (Å²) >= 11 is 0. The lowest BCUT2D eigenvalue weighted by Crippen LogP contribution is -2.00. The molecular weight excluding hydrogens is 358 g/mol. The van der Waals surface area contributed by atoms with Crippen molar-refractivity contribution >= 4 is 33.4 Å². The SMILES string of the molecule is O=C(c1ccccc1)c1ccc2c(c1)[nH]c1cc(C(=O)c3ccccc3)ccc12. The minimum Gasteiger partial charge on any atom is -0.354 e. The topological polar surface area (TPSA) is 49.9 Å². The second kappa shape index (κ2) is 6.88. The minimum atomic E-state index is -0.00824. The van der Waals surface area contributed by atoms with Gasteiger partial charge in [-0.15, -0.1) is 0 Å². The number of benzene rings is 4. The van der Waals surface area contributed by atoms with Crippen molar-refractivity contribution in [3.8, 4) is 0 Å². The van der Waals surface area contributed by atoms with Crippen LogP contribution in [0.1, 0.15) is 31.8 Å². The molecule has 0 saturated heterocycles. The van der Waals surface area contributed by atoms with Crippen molar-refractivity contribution in [2.75, 3.05) is 0 Å². The Morgan fingerprint density at radius 2 is 0.897 bits per heavy atom. The largest absolute Gasteiger partial charge is 0.354 e. The van der Waals surface area contributed by atoms with E-state index in [1.165, 1.54) is 0 Å². The zero-order valence-corrected chi connectivity index (χ0v) is 15.6. The highest BCUT2D eigenvalue weighted by molar-refractivity contribution is 6.15. The average molecular weight is 375 g/mol. The third kappa shape index (κ3) is 3.03. The Morgan fingerprint density at radius 1 is 0.483 bits per heavy atom. The van der Waals surface area contributed by atoms with Gasteiger partial charge in [-0.05, 0) is 12.1 Å². The lowest BCUT2D eigenvalue weighted by molar-refractivity contribution is 0.103. The molecule has 0 unspecified atom stereocenters. The number of H-pyrrole nitrogens is 1. The number of aromatic nitrogens is 1. The number of aromatic amines is 1. The third-order valence-corrected chi connectivity index (χ3v) is 5.19. The molecular formula is C26H17NO2. The molecule has 1 aromatic heterocycles. The third-order valence-electron chi connectivity index (χ3n) is 5.19. The number of hydrogen-bond donors (Lipinski definition) is 1. The van der Waals surface area contributed by atoms with Crippen LogP contribution in [-0.2, 0) is 0 Å². The molecule has 5 aromatic rings. The van der Waals surface area contributed by atoms with E-state index in [9.17, 15) is 9.59 Å². The molecule has 138 valence electrons. The second-order valence-electron chi connectivity index (χ2n) is 7.04. The highest BCUT2D eigenvalue weighted by Crippen LogP contribution is 2.28. The predicted octanol–water partition coefficient (Wildman–Crippen LogP) is 5.78. The zero-order valence-electron chi connectivity index (χ0n) is 15.6. The Hall–Kier alpha value is -3.98. The molecule has 0 aliphatic heterocycles. The molecule has 1 N–H and O–H groups in total. The van der Waals surface area contributed by atoms with Crippen molar-refractivity contribution in [1.29, 1.82) is 0 Å². The summed E-state index contributed by atoms with van der Waals surface area (Å²) in [6, 6.07) is 29.9. The van der Waals surface area contributed by atoms with Gasteiger partial charge in [0, 0.05) is 44.1 Å². The summed E-state index contributed by atoms with van der Waals surface area (Å²) in [6.07, 6.45) is 0. The number of fused-ring (bicyclic) bond motifs is 3. The quantitative estimate of drug-likeness (QED) is 0.405. The molecule has 29 heavy (non-hydrogen) atoms. The molecule has 0 radical (unpaired) electrons. The standard InChI is InChI=1S/C26H17NO2/c28-25(17-7-3-1-4-8-17)19-11-13-21-22-14-12-20(16-24(22)27-23(21)15-19)26(29)18-9-5-2-6-10-18/h1-16,27H. The maximum atomic E-state index is 12.7. The molecule has 0 fully saturated rings. The molecule has 3 heteroatoms. The first-order chi connectivity index (χ1) is 14.2. The average Bonchev–Trinajstić information content (AvgIpc) is 3.16. The van der Waals surface area contributed by atoms with Gasteiger partial charge in [0.2, 0.25) is 0 Å². The lowest BCUT2D eigenvalue weighted by Gasteiger charge is -2.02. The Bertz CT molecular complexity index is 1260. The summed E-state index contributed by atoms with van der Waals surface area (Å²) in [6.45, 7) is 0. The van der Waals surface area contributed by atoms with Crippen molar-refractivity contribution in [2.24, 2.45) is 0 Å². The summed E-state index contributed by atoms with van der Waals surface area (Å²) in [4.78, 5) is 28.9. The van der Waals surface area contributed by atoms with Crippen LogP contribution in [0.25, 0.3) is 21.8 Å². The van der Waals surface area contributed by atoms with Gasteiger partial charge in [0.1, 0.15) is 0 Å². The lowest BCUT2D eigenvalue weighted by atomic mass is 10.0. The van der Waals surface area contributed by atoms with E-state index >= 15 is 0 Å². The van der Waals surface area contributed by atoms with Crippen molar-refractivity contribution in [2.45, 2.75) is 0 Å². The highest BCUT2D eigenvalue weighted by Gasteiger charge is 2.14. The summed E-state index contributed by atoms with van der Waals surface area (Å²) in [5.41, 5.74) is 4.36. The molecule has 0 spiro atoms. The van der Waals surface area contributed by atoms with Gasteiger partial charge in [0.05, 0.1) is 0 Å². The van der Waals surface area contributed by atoms with Gasteiger partial charge in [-0.3, -0.25) is 9.59 Å². The summed E-state index contributed by atoms with van der Waals surface area (Å²) in [7, 11) is 0. The van der Waals surface area contributed by atoms with Crippen LogP contribution in [0.4, 0.5) is 0 Å². The van der Waals surface area contributed by atoms with Crippen molar-refractivity contribution in [1.82, 2.24) is 4.98 Å². The normalized spacial score (nSPS) is 11.0. The molecule has 0 atom stereocenters. The van der Waals surface area contributed by atoms with Crippen LogP contribution < -0.4 is 0 Å². The first-order valence-electron chi connectivity index (χ1n) is 9.46. The Balaban J connectivity index is 1.56. The van der Waals surface area contributed by atoms with Gasteiger partial charge in [0.25, 0.3) is 0 Å². The maximum absolute atomic E-state index is 12.7. The van der Waals surface area contributed by atoms with Crippen LogP contribution >= 0.6 is 0 Å². The monoisotopic (exact) mass is 375 g/mol. The first-order valence-corrected chi connectivity index (χ1v) is 9.46. The smallest absolute Gasteiger partial charge is 0.193 e. The van der Waals surface area contributed by atoms with Crippen molar-refractivity contribution < 1.29 is 9.59 Å². The van der Waals surface area contributed by atoms with E-state index in [1.54, 1.807) is 0 Å². The fourth-order valence-corrected chi connectivity index (χ4v) is 3.71. The van der Waals surface area contributed by atoms with Crippen LogP contribution in [0.5, 0.6) is 0 Å². The molecule has 0 saturated carbocycles. The number of ketones is 2. The molecule has 1 heterocycles. The molecule has 0 aliphatic carbocycles. The number of carbonyl (C=O) groups is 2. The van der Waals surface area contributed by atoms with Crippen LogP contribution in [-0.4, -0.2) is 16.6 Å². The van der Waals surface area contributed by atoms with Crippen molar-refractivity contribution in [3.63, 3.8) is 0 Å². The first kappa shape index (κ1) is 17.1. The van der Waals surface area contributed by atoms with Crippen molar-refractivity contribution in [3.05, 3.63) is 119 Å². The number of nitrogens with one attached hydrogen (secondary N) is 1. The summed E-state index contributed by atoms with van der Waals surface area (Å²) in [5.74, 6) is -0.0165. The molecule has 0 aliphatic rings. The Kier molecular flexibility index (Phi) is 4.07. The molecule has 4 aromatic carbocycles. The van der Waals surface area contributed by atoms with E-state index in [2.05, 4.69) is 4.98 Å². The fourth-order valence-electron chi connectivity index (χ4n) is 3.71. The number of carbonyl (C=O) groups excluding carboxylic acids is 2. The molecule has 5 rings (SSSR count). The summed E-state index contributed by atoms with van der Waals surface area (Å²) < 4.78 is 0. The van der Waals surface area contributed by atoms with Crippen LogP contribution in [0.2, 0.25) is 0 Å². The van der Waals surface area contributed by atoms with E-state index in [-0.39, 0.29) is 11.6 Å². The number of hydrogen-bond acceptors (Lipinski definition) is 2. The van der Waals surface area contributed by atoms with E-state index in [0.29, 0.717) is 22.3 Å². The predicted molar refractivity (Wildman–Crippen MR) is 116 cm³/mol. The van der Waals surface area contributed by atoms with E-state index in [0.717, 1.165) is 21.8 Å². The Labute approximate surface area is 167 Å². The van der Waals surface area contributed by atoms with Gasteiger partial charge in [-0.25, -0.2) is 0 Å². The molecule has 0 amide bonds. The maximum Gasteiger partial charge on any atom is 0.193 e. The van der Waals surface area contributed by atoms with Gasteiger partial charge in [-0.1, -0.05) is 84.9 Å². The van der Waals surface area contributed by atoms with Gasteiger partial charge in [-0.2, -0.15) is 0 Å². The highest BCUT2D eigenvalue weighted by atomic mass is 16.1. The molecule has 0 bridgehead atoms. The fraction of sp³-hybridized carbons (Fsp3) is 0. The summed E-state index contributed by atoms with van der Waals surface area (Å²) in [5, 5.41) is 2.06. The van der Waals surface area contributed by atoms with E-state index < -0.39 is 0 Å².